The monoisotopic (exact) mass is 486 g/mol. The van der Waals surface area contributed by atoms with E-state index in [2.05, 4.69) is 31.4 Å². The highest BCUT2D eigenvalue weighted by Gasteiger charge is 2.68. The minimum absolute atomic E-state index is 0.0530. The van der Waals surface area contributed by atoms with E-state index in [1.807, 2.05) is 0 Å². The van der Waals surface area contributed by atoms with E-state index in [1.54, 1.807) is 12.1 Å². The van der Waals surface area contributed by atoms with Gasteiger partial charge in [0, 0.05) is 19.9 Å². The second-order valence-corrected chi connectivity index (χ2v) is 10.8. The summed E-state index contributed by atoms with van der Waals surface area (Å²) < 4.78 is 18.5. The summed E-state index contributed by atoms with van der Waals surface area (Å²) in [5.74, 6) is -0.910. The van der Waals surface area contributed by atoms with Gasteiger partial charge in [0.25, 0.3) is 0 Å². The van der Waals surface area contributed by atoms with E-state index in [-0.39, 0.29) is 54.0 Å². The number of para-hydroxylation sites is 1. The number of rotatable bonds is 9. The lowest BCUT2D eigenvalue weighted by molar-refractivity contribution is -0.199. The number of benzene rings is 1. The van der Waals surface area contributed by atoms with Crippen molar-refractivity contribution in [1.82, 2.24) is 10.6 Å². The molecule has 1 aliphatic heterocycles. The van der Waals surface area contributed by atoms with Gasteiger partial charge in [-0.25, -0.2) is 4.79 Å². The number of nitrogens with one attached hydrogen (secondary N) is 2. The van der Waals surface area contributed by atoms with Gasteiger partial charge in [0.05, 0.1) is 24.8 Å². The lowest BCUT2D eigenvalue weighted by Gasteiger charge is -2.64. The first-order valence-corrected chi connectivity index (χ1v) is 12.2. The Labute approximate surface area is 206 Å². The number of carboxylic acid groups (broad SMARTS) is 1. The molecule has 5 atom stereocenters. The minimum atomic E-state index is -1.09. The van der Waals surface area contributed by atoms with Crippen LogP contribution in [-0.4, -0.2) is 61.3 Å². The third-order valence-corrected chi connectivity index (χ3v) is 8.34. The first-order valence-electron chi connectivity index (χ1n) is 12.2. The summed E-state index contributed by atoms with van der Waals surface area (Å²) in [4.78, 5) is 35.7. The van der Waals surface area contributed by atoms with Crippen molar-refractivity contribution in [2.24, 2.45) is 17.3 Å². The summed E-state index contributed by atoms with van der Waals surface area (Å²) in [5, 5.41) is 15.2. The van der Waals surface area contributed by atoms with Gasteiger partial charge in [0.15, 0.2) is 0 Å². The van der Waals surface area contributed by atoms with E-state index in [9.17, 15) is 19.5 Å². The predicted molar refractivity (Wildman–Crippen MR) is 129 cm³/mol. The van der Waals surface area contributed by atoms with Crippen molar-refractivity contribution in [1.29, 1.82) is 0 Å². The Morgan fingerprint density at radius 1 is 1.26 bits per heavy atom. The number of carbonyl (C=O) groups excluding carboxylic acids is 2. The third kappa shape index (κ3) is 4.65. The predicted octanol–water partition coefficient (Wildman–Crippen LogP) is 2.21. The summed E-state index contributed by atoms with van der Waals surface area (Å²) in [6.07, 6.45) is 2.33. The van der Waals surface area contributed by atoms with Crippen LogP contribution in [0.1, 0.15) is 62.9 Å². The van der Waals surface area contributed by atoms with Gasteiger partial charge in [-0.1, -0.05) is 26.0 Å². The van der Waals surface area contributed by atoms with Crippen molar-refractivity contribution >= 4 is 24.9 Å². The molecule has 3 N–H and O–H groups in total. The summed E-state index contributed by atoms with van der Waals surface area (Å²) in [5.41, 5.74) is 0.419. The van der Waals surface area contributed by atoms with Crippen LogP contribution in [0, 0.1) is 17.3 Å². The molecule has 1 aromatic carbocycles. The Bertz CT molecular complexity index is 1020. The first-order chi connectivity index (χ1) is 16.5. The zero-order valence-electron chi connectivity index (χ0n) is 21.1. The van der Waals surface area contributed by atoms with Crippen molar-refractivity contribution in [3.8, 4) is 5.75 Å². The SMILES string of the molecule is COc1c(CC(NC(=O)CCNC(C)=O)B2OC3CC4CC(C4(C)C)C3(C)O2)cccc1C(=O)O. The van der Waals surface area contributed by atoms with Crippen molar-refractivity contribution in [3.63, 3.8) is 0 Å². The highest BCUT2D eigenvalue weighted by atomic mass is 16.7. The zero-order chi connectivity index (χ0) is 25.5. The van der Waals surface area contributed by atoms with Crippen LogP contribution in [0.25, 0.3) is 0 Å². The zero-order valence-corrected chi connectivity index (χ0v) is 21.1. The topological polar surface area (TPSA) is 123 Å². The summed E-state index contributed by atoms with van der Waals surface area (Å²) >= 11 is 0. The molecule has 5 unspecified atom stereocenters. The molecule has 1 aromatic rings. The molecule has 10 heteroatoms. The number of amides is 2. The molecule has 5 rings (SSSR count). The fourth-order valence-electron chi connectivity index (χ4n) is 6.31. The number of hydrogen-bond acceptors (Lipinski definition) is 6. The molecular weight excluding hydrogens is 451 g/mol. The molecule has 0 radical (unpaired) electrons. The molecule has 2 bridgehead atoms. The smallest absolute Gasteiger partial charge is 0.482 e. The van der Waals surface area contributed by atoms with E-state index in [0.717, 1.165) is 12.8 Å². The van der Waals surface area contributed by atoms with Gasteiger partial charge in [-0.05, 0) is 55.1 Å². The molecule has 1 saturated heterocycles. The van der Waals surface area contributed by atoms with Crippen molar-refractivity contribution < 1.29 is 33.5 Å². The first kappa shape index (κ1) is 25.5. The van der Waals surface area contributed by atoms with Crippen molar-refractivity contribution in [3.05, 3.63) is 29.3 Å². The van der Waals surface area contributed by atoms with Crippen molar-refractivity contribution in [2.75, 3.05) is 13.7 Å². The van der Waals surface area contributed by atoms with Crippen LogP contribution < -0.4 is 15.4 Å². The van der Waals surface area contributed by atoms with Crippen molar-refractivity contribution in [2.45, 2.75) is 71.0 Å². The Kier molecular flexibility index (Phi) is 6.90. The fourth-order valence-corrected chi connectivity index (χ4v) is 6.31. The molecule has 4 aliphatic rings. The van der Waals surface area contributed by atoms with Crippen LogP contribution >= 0.6 is 0 Å². The van der Waals surface area contributed by atoms with Gasteiger partial charge in [-0.2, -0.15) is 0 Å². The molecule has 0 aromatic heterocycles. The Morgan fingerprint density at radius 2 is 2.00 bits per heavy atom. The Morgan fingerprint density at radius 3 is 2.63 bits per heavy atom. The standard InChI is InChI=1S/C25H35BN2O7/c1-14(29)27-10-9-21(30)28-20(11-15-7-6-8-17(23(31)32)22(15)33-5)26-34-19-13-16-12-18(24(16,2)3)25(19,4)35-26/h6-8,16,18-20H,9-13H2,1-5H3,(H,27,29)(H,28,30)(H,31,32). The van der Waals surface area contributed by atoms with E-state index in [0.29, 0.717) is 17.4 Å². The molecule has 3 aliphatic carbocycles. The van der Waals surface area contributed by atoms with Crippen LogP contribution in [0.15, 0.2) is 18.2 Å². The van der Waals surface area contributed by atoms with Crippen LogP contribution in [0.2, 0.25) is 0 Å². The Balaban J connectivity index is 1.57. The molecule has 0 spiro atoms. The fraction of sp³-hybridized carbons (Fsp3) is 0.640. The molecule has 190 valence electrons. The molecule has 1 heterocycles. The molecule has 4 fully saturated rings. The van der Waals surface area contributed by atoms with Gasteiger partial charge in [-0.3, -0.25) is 9.59 Å². The van der Waals surface area contributed by atoms with E-state index >= 15 is 0 Å². The molecule has 9 nitrogen and oxygen atoms in total. The maximum Gasteiger partial charge on any atom is 0.482 e. The van der Waals surface area contributed by atoms with E-state index in [1.165, 1.54) is 20.1 Å². The number of methoxy groups -OCH3 is 1. The number of hydrogen-bond donors (Lipinski definition) is 3. The number of carbonyl (C=O) groups is 3. The van der Waals surface area contributed by atoms with Gasteiger partial charge in [0.1, 0.15) is 11.3 Å². The van der Waals surface area contributed by atoms with E-state index < -0.39 is 24.6 Å². The largest absolute Gasteiger partial charge is 0.496 e. The van der Waals surface area contributed by atoms with E-state index in [4.69, 9.17) is 14.0 Å². The molecular formula is C25H35BN2O7. The second-order valence-electron chi connectivity index (χ2n) is 10.8. The number of ether oxygens (including phenoxy) is 1. The minimum Gasteiger partial charge on any atom is -0.496 e. The van der Waals surface area contributed by atoms with Gasteiger partial charge in [-0.15, -0.1) is 0 Å². The summed E-state index contributed by atoms with van der Waals surface area (Å²) in [6.45, 7) is 8.30. The maximum absolute atomic E-state index is 12.8. The average Bonchev–Trinajstić information content (AvgIpc) is 3.15. The maximum atomic E-state index is 12.8. The Hall–Kier alpha value is -2.59. The van der Waals surface area contributed by atoms with Gasteiger partial charge in [0.2, 0.25) is 11.8 Å². The van der Waals surface area contributed by atoms with Gasteiger partial charge >= 0.3 is 13.1 Å². The summed E-state index contributed by atoms with van der Waals surface area (Å²) in [7, 11) is 0.739. The summed E-state index contributed by atoms with van der Waals surface area (Å²) in [6, 6.07) is 4.93. The molecule has 35 heavy (non-hydrogen) atoms. The second kappa shape index (κ2) is 9.46. The highest BCUT2D eigenvalue weighted by Crippen LogP contribution is 2.65. The number of aromatic carboxylic acids is 1. The molecule has 3 saturated carbocycles. The van der Waals surface area contributed by atoms with Crippen LogP contribution in [0.5, 0.6) is 5.75 Å². The normalized spacial score (nSPS) is 28.9. The van der Waals surface area contributed by atoms with Crippen LogP contribution in [0.3, 0.4) is 0 Å². The average molecular weight is 486 g/mol. The van der Waals surface area contributed by atoms with Gasteiger partial charge < -0.3 is 29.8 Å². The molecule has 2 amide bonds. The third-order valence-electron chi connectivity index (χ3n) is 8.34. The quantitative estimate of drug-likeness (QED) is 0.458. The highest BCUT2D eigenvalue weighted by molar-refractivity contribution is 6.48. The lowest BCUT2D eigenvalue weighted by atomic mass is 9.43. The lowest BCUT2D eigenvalue weighted by Crippen LogP contribution is -2.65. The van der Waals surface area contributed by atoms with Crippen LogP contribution in [0.4, 0.5) is 0 Å². The number of carboxylic acids is 1. The van der Waals surface area contributed by atoms with Crippen LogP contribution in [-0.2, 0) is 25.3 Å².